The molecule has 1 aromatic heterocycles. The van der Waals surface area contributed by atoms with Crippen LogP contribution in [0.25, 0.3) is 11.4 Å². The van der Waals surface area contributed by atoms with E-state index in [1.807, 2.05) is 30.3 Å². The van der Waals surface area contributed by atoms with Crippen molar-refractivity contribution in [2.24, 2.45) is 0 Å². The molecule has 1 fully saturated rings. The molecule has 0 atom stereocenters. The fraction of sp³-hybridized carbons (Fsp3) is 0.261. The van der Waals surface area contributed by atoms with Gasteiger partial charge >= 0.3 is 0 Å². The Labute approximate surface area is 187 Å². The van der Waals surface area contributed by atoms with Crippen LogP contribution < -0.4 is 10.1 Å². The SMILES string of the molecule is COc1ccc(S(=O)(=O)N2CCCCC2)cc1NC(=O)c1cnc(-c2ccccc2)nc1. The number of hydrogen-bond acceptors (Lipinski definition) is 6. The number of nitrogens with one attached hydrogen (secondary N) is 1. The van der Waals surface area contributed by atoms with Gasteiger partial charge < -0.3 is 10.1 Å². The Bertz CT molecular complexity index is 1190. The fourth-order valence-electron chi connectivity index (χ4n) is 3.58. The zero-order valence-corrected chi connectivity index (χ0v) is 18.5. The normalized spacial score (nSPS) is 14.7. The summed E-state index contributed by atoms with van der Waals surface area (Å²) in [5.41, 5.74) is 1.36. The molecule has 0 bridgehead atoms. The van der Waals surface area contributed by atoms with E-state index >= 15 is 0 Å². The highest BCUT2D eigenvalue weighted by atomic mass is 32.2. The van der Waals surface area contributed by atoms with Crippen LogP contribution in [-0.4, -0.2) is 48.8 Å². The Hall–Kier alpha value is -3.30. The lowest BCUT2D eigenvalue weighted by molar-refractivity contribution is 0.102. The van der Waals surface area contributed by atoms with Crippen molar-refractivity contribution in [1.82, 2.24) is 14.3 Å². The summed E-state index contributed by atoms with van der Waals surface area (Å²) < 4.78 is 32.8. The number of ether oxygens (including phenoxy) is 1. The number of rotatable bonds is 6. The van der Waals surface area contributed by atoms with Crippen LogP contribution in [0.4, 0.5) is 5.69 Å². The number of carbonyl (C=O) groups is 1. The first-order valence-electron chi connectivity index (χ1n) is 10.4. The van der Waals surface area contributed by atoms with Gasteiger partial charge in [0, 0.05) is 31.0 Å². The van der Waals surface area contributed by atoms with Gasteiger partial charge in [0.05, 0.1) is 23.3 Å². The minimum atomic E-state index is -3.64. The maximum absolute atomic E-state index is 13.0. The van der Waals surface area contributed by atoms with Crippen molar-refractivity contribution in [3.63, 3.8) is 0 Å². The van der Waals surface area contributed by atoms with Gasteiger partial charge in [0.25, 0.3) is 5.91 Å². The second-order valence-corrected chi connectivity index (χ2v) is 9.38. The largest absolute Gasteiger partial charge is 0.495 e. The highest BCUT2D eigenvalue weighted by molar-refractivity contribution is 7.89. The van der Waals surface area contributed by atoms with Crippen LogP contribution in [0, 0.1) is 0 Å². The Kier molecular flexibility index (Phi) is 6.48. The van der Waals surface area contributed by atoms with Gasteiger partial charge in [0.1, 0.15) is 5.75 Å². The molecule has 0 radical (unpaired) electrons. The van der Waals surface area contributed by atoms with Gasteiger partial charge in [-0.3, -0.25) is 4.79 Å². The summed E-state index contributed by atoms with van der Waals surface area (Å²) in [6.07, 6.45) is 5.59. The summed E-state index contributed by atoms with van der Waals surface area (Å²) in [7, 11) is -2.18. The number of piperidine rings is 1. The van der Waals surface area contributed by atoms with Crippen LogP contribution in [-0.2, 0) is 10.0 Å². The number of carbonyl (C=O) groups excluding carboxylic acids is 1. The molecule has 0 spiro atoms. The van der Waals surface area contributed by atoms with Gasteiger partial charge in [-0.1, -0.05) is 36.8 Å². The summed E-state index contributed by atoms with van der Waals surface area (Å²) >= 11 is 0. The molecular weight excluding hydrogens is 428 g/mol. The van der Waals surface area contributed by atoms with Crippen molar-refractivity contribution in [3.8, 4) is 17.1 Å². The lowest BCUT2D eigenvalue weighted by atomic mass is 10.2. The van der Waals surface area contributed by atoms with E-state index in [0.717, 1.165) is 24.8 Å². The first-order chi connectivity index (χ1) is 15.5. The average molecular weight is 453 g/mol. The molecule has 32 heavy (non-hydrogen) atoms. The van der Waals surface area contributed by atoms with Crippen LogP contribution in [0.1, 0.15) is 29.6 Å². The number of nitrogens with zero attached hydrogens (tertiary/aromatic N) is 3. The number of methoxy groups -OCH3 is 1. The van der Waals surface area contributed by atoms with E-state index in [9.17, 15) is 13.2 Å². The molecule has 8 nitrogen and oxygen atoms in total. The monoisotopic (exact) mass is 452 g/mol. The molecule has 0 saturated carbocycles. The first kappa shape index (κ1) is 21.9. The van der Waals surface area contributed by atoms with Crippen molar-refractivity contribution in [2.45, 2.75) is 24.2 Å². The molecule has 0 unspecified atom stereocenters. The number of hydrogen-bond donors (Lipinski definition) is 1. The molecule has 2 heterocycles. The van der Waals surface area contributed by atoms with E-state index in [4.69, 9.17) is 4.74 Å². The predicted molar refractivity (Wildman–Crippen MR) is 121 cm³/mol. The molecule has 1 saturated heterocycles. The molecule has 4 rings (SSSR count). The minimum absolute atomic E-state index is 0.117. The second-order valence-electron chi connectivity index (χ2n) is 7.44. The number of amides is 1. The third-order valence-electron chi connectivity index (χ3n) is 5.32. The van der Waals surface area contributed by atoms with Crippen molar-refractivity contribution < 1.29 is 17.9 Å². The lowest BCUT2D eigenvalue weighted by Gasteiger charge is -2.26. The number of benzene rings is 2. The average Bonchev–Trinajstić information content (AvgIpc) is 2.85. The van der Waals surface area contributed by atoms with E-state index in [1.54, 1.807) is 6.07 Å². The van der Waals surface area contributed by atoms with Crippen LogP contribution in [0.2, 0.25) is 0 Å². The van der Waals surface area contributed by atoms with Gasteiger partial charge in [-0.15, -0.1) is 0 Å². The molecule has 1 aliphatic heterocycles. The molecule has 0 aliphatic carbocycles. The Balaban J connectivity index is 1.56. The highest BCUT2D eigenvalue weighted by Crippen LogP contribution is 2.30. The number of aromatic nitrogens is 2. The standard InChI is InChI=1S/C23H24N4O4S/c1-31-21-11-10-19(32(29,30)27-12-6-3-7-13-27)14-20(21)26-23(28)18-15-24-22(25-16-18)17-8-4-2-5-9-17/h2,4-5,8-11,14-16H,3,6-7,12-13H2,1H3,(H,26,28). The van der Waals surface area contributed by atoms with Gasteiger partial charge in [-0.05, 0) is 31.0 Å². The second kappa shape index (κ2) is 9.46. The minimum Gasteiger partial charge on any atom is -0.495 e. The molecule has 1 aliphatic rings. The quantitative estimate of drug-likeness (QED) is 0.613. The summed E-state index contributed by atoms with van der Waals surface area (Å²) in [5, 5.41) is 2.73. The van der Waals surface area contributed by atoms with Crippen LogP contribution in [0.3, 0.4) is 0 Å². The first-order valence-corrected chi connectivity index (χ1v) is 11.8. The molecule has 9 heteroatoms. The molecule has 1 amide bonds. The third kappa shape index (κ3) is 4.63. The smallest absolute Gasteiger partial charge is 0.258 e. The van der Waals surface area contributed by atoms with Crippen molar-refractivity contribution >= 4 is 21.6 Å². The summed E-state index contributed by atoms with van der Waals surface area (Å²) in [5.74, 6) is 0.405. The van der Waals surface area contributed by atoms with E-state index in [-0.39, 0.29) is 16.1 Å². The molecule has 3 aromatic rings. The number of sulfonamides is 1. The van der Waals surface area contributed by atoms with Gasteiger partial charge in [0.2, 0.25) is 10.0 Å². The zero-order chi connectivity index (χ0) is 22.6. The van der Waals surface area contributed by atoms with Crippen LogP contribution in [0.15, 0.2) is 65.8 Å². The number of anilines is 1. The van der Waals surface area contributed by atoms with Crippen molar-refractivity contribution in [3.05, 3.63) is 66.5 Å². The van der Waals surface area contributed by atoms with E-state index in [0.29, 0.717) is 24.7 Å². The van der Waals surface area contributed by atoms with Gasteiger partial charge in [-0.25, -0.2) is 18.4 Å². The van der Waals surface area contributed by atoms with Crippen LogP contribution >= 0.6 is 0 Å². The van der Waals surface area contributed by atoms with Gasteiger partial charge in [-0.2, -0.15) is 4.31 Å². The maximum atomic E-state index is 13.0. The zero-order valence-electron chi connectivity index (χ0n) is 17.7. The highest BCUT2D eigenvalue weighted by Gasteiger charge is 2.27. The van der Waals surface area contributed by atoms with E-state index in [1.165, 1.54) is 35.9 Å². The molecular formula is C23H24N4O4S. The topological polar surface area (TPSA) is 101 Å². The predicted octanol–water partition coefficient (Wildman–Crippen LogP) is 3.58. The fourth-order valence-corrected chi connectivity index (χ4v) is 5.12. The Morgan fingerprint density at radius 3 is 2.34 bits per heavy atom. The summed E-state index contributed by atoms with van der Waals surface area (Å²) in [6, 6.07) is 13.9. The van der Waals surface area contributed by atoms with E-state index in [2.05, 4.69) is 15.3 Å². The lowest BCUT2D eigenvalue weighted by Crippen LogP contribution is -2.35. The summed E-state index contributed by atoms with van der Waals surface area (Å²) in [6.45, 7) is 1.00. The van der Waals surface area contributed by atoms with E-state index < -0.39 is 15.9 Å². The molecule has 1 N–H and O–H groups in total. The maximum Gasteiger partial charge on any atom is 0.258 e. The van der Waals surface area contributed by atoms with Gasteiger partial charge in [0.15, 0.2) is 5.82 Å². The summed E-state index contributed by atoms with van der Waals surface area (Å²) in [4.78, 5) is 21.4. The van der Waals surface area contributed by atoms with Crippen LogP contribution in [0.5, 0.6) is 5.75 Å². The molecule has 166 valence electrons. The van der Waals surface area contributed by atoms with Crippen molar-refractivity contribution in [2.75, 3.05) is 25.5 Å². The van der Waals surface area contributed by atoms with Crippen molar-refractivity contribution in [1.29, 1.82) is 0 Å². The Morgan fingerprint density at radius 1 is 1.00 bits per heavy atom. The third-order valence-corrected chi connectivity index (χ3v) is 7.21. The molecule has 2 aromatic carbocycles. The Morgan fingerprint density at radius 2 is 1.69 bits per heavy atom.